The van der Waals surface area contributed by atoms with E-state index in [0.29, 0.717) is 11.8 Å². The van der Waals surface area contributed by atoms with Crippen LogP contribution < -0.4 is 0 Å². The van der Waals surface area contributed by atoms with Crippen molar-refractivity contribution in [2.45, 2.75) is 187 Å². The summed E-state index contributed by atoms with van der Waals surface area (Å²) in [6.45, 7) is 17.6. The van der Waals surface area contributed by atoms with Crippen molar-refractivity contribution in [3.63, 3.8) is 0 Å². The molecule has 2 saturated heterocycles. The van der Waals surface area contributed by atoms with Crippen LogP contribution in [0.5, 0.6) is 0 Å². The summed E-state index contributed by atoms with van der Waals surface area (Å²) in [5.41, 5.74) is 0.553. The number of hydrogen-bond donors (Lipinski definition) is 7. The number of hydrogen-bond acceptors (Lipinski definition) is 11. The Balaban J connectivity index is 1.07. The van der Waals surface area contributed by atoms with E-state index in [1.54, 1.807) is 6.92 Å². The lowest BCUT2D eigenvalue weighted by Crippen LogP contribution is -2.66. The Morgan fingerprint density at radius 3 is 2.09 bits per heavy atom. The largest absolute Gasteiger partial charge is 0.481 e. The van der Waals surface area contributed by atoms with Crippen molar-refractivity contribution in [1.82, 2.24) is 0 Å². The average molecular weight is 765 g/mol. The molecule has 18 atom stereocenters. The second-order valence-corrected chi connectivity index (χ2v) is 20.7. The van der Waals surface area contributed by atoms with Crippen molar-refractivity contribution in [1.29, 1.82) is 0 Å². The van der Waals surface area contributed by atoms with Crippen molar-refractivity contribution < 1.29 is 59.5 Å². The summed E-state index contributed by atoms with van der Waals surface area (Å²) in [6.07, 6.45) is -2.37. The average Bonchev–Trinajstić information content (AvgIpc) is 3.09. The molecule has 12 nitrogen and oxygen atoms in total. The molecular formula is C42H68O12. The molecule has 0 radical (unpaired) electrons. The summed E-state index contributed by atoms with van der Waals surface area (Å²) in [7, 11) is 0. The Morgan fingerprint density at radius 2 is 1.43 bits per heavy atom. The molecular weight excluding hydrogens is 696 g/mol. The van der Waals surface area contributed by atoms with Crippen LogP contribution in [0.25, 0.3) is 0 Å². The number of carboxylic acid groups (broad SMARTS) is 1. The molecule has 0 bridgehead atoms. The number of ether oxygens (including phenoxy) is 4. The quantitative estimate of drug-likeness (QED) is 0.153. The van der Waals surface area contributed by atoms with Gasteiger partial charge >= 0.3 is 5.97 Å². The van der Waals surface area contributed by atoms with Crippen molar-refractivity contribution in [3.8, 4) is 0 Å². The zero-order valence-electron chi connectivity index (χ0n) is 33.6. The fourth-order valence-corrected chi connectivity index (χ4v) is 13.6. The van der Waals surface area contributed by atoms with Gasteiger partial charge in [0.25, 0.3) is 0 Å². The zero-order valence-corrected chi connectivity index (χ0v) is 33.6. The normalized spacial score (nSPS) is 53.9. The van der Waals surface area contributed by atoms with Gasteiger partial charge in [-0.1, -0.05) is 60.1 Å². The van der Waals surface area contributed by atoms with Crippen molar-refractivity contribution in [2.75, 3.05) is 6.61 Å². The van der Waals surface area contributed by atoms with Gasteiger partial charge in [0, 0.05) is 0 Å². The molecule has 0 unspecified atom stereocenters. The first kappa shape index (κ1) is 41.0. The third kappa shape index (κ3) is 5.93. The maximum atomic E-state index is 13.0. The number of carboxylic acids is 1. The Morgan fingerprint density at radius 1 is 0.778 bits per heavy atom. The first-order valence-electron chi connectivity index (χ1n) is 20.6. The summed E-state index contributed by atoms with van der Waals surface area (Å²) in [5.74, 6) is 0.203. The molecule has 2 aliphatic heterocycles. The summed E-state index contributed by atoms with van der Waals surface area (Å²) in [4.78, 5) is 13.0. The number of aliphatic hydroxyl groups is 6. The third-order valence-corrected chi connectivity index (χ3v) is 17.2. The van der Waals surface area contributed by atoms with Gasteiger partial charge in [-0.25, -0.2) is 0 Å². The van der Waals surface area contributed by atoms with Crippen LogP contribution in [0.15, 0.2) is 11.6 Å². The molecule has 7 aliphatic rings. The number of aliphatic carboxylic acids is 1. The molecule has 2 heterocycles. The molecule has 0 aromatic heterocycles. The number of carbonyl (C=O) groups is 1. The summed E-state index contributed by atoms with van der Waals surface area (Å²) < 4.78 is 24.1. The van der Waals surface area contributed by atoms with Gasteiger partial charge in [-0.2, -0.15) is 0 Å². The highest BCUT2D eigenvalue weighted by Crippen LogP contribution is 2.76. The van der Waals surface area contributed by atoms with E-state index >= 15 is 0 Å². The minimum atomic E-state index is -1.66. The SMILES string of the molecule is C[C@@H]1O[C@H](O[C@H]2CC[C@]3(C)[C@H](CC[C@]4(C)[C@H]3CC=C3[C@@H]5CC(C)(C)CC[C@@]5(C(=O)O)CC[C@@]34C)C2(C)C)[C@H](O)[C@H](O)[C@H]1O[C@@H]1O[C@H](CO)[C@@H](O)[C@H](O)[C@H]1O. The van der Waals surface area contributed by atoms with E-state index in [0.717, 1.165) is 64.2 Å². The second kappa shape index (κ2) is 13.7. The minimum absolute atomic E-state index is 0.0117. The van der Waals surface area contributed by atoms with Gasteiger partial charge < -0.3 is 54.7 Å². The molecule has 12 heteroatoms. The van der Waals surface area contributed by atoms with Crippen LogP contribution in [-0.4, -0.2) is 116 Å². The lowest BCUT2D eigenvalue weighted by atomic mass is 9.33. The fourth-order valence-electron chi connectivity index (χ4n) is 13.6. The van der Waals surface area contributed by atoms with Gasteiger partial charge in [-0.15, -0.1) is 0 Å². The van der Waals surface area contributed by atoms with Crippen molar-refractivity contribution in [2.24, 2.45) is 50.2 Å². The van der Waals surface area contributed by atoms with Gasteiger partial charge in [-0.05, 0) is 116 Å². The van der Waals surface area contributed by atoms with Crippen LogP contribution in [-0.2, 0) is 23.7 Å². The predicted octanol–water partition coefficient (Wildman–Crippen LogP) is 3.91. The molecule has 6 fully saturated rings. The smallest absolute Gasteiger partial charge is 0.310 e. The maximum absolute atomic E-state index is 13.0. The summed E-state index contributed by atoms with van der Waals surface area (Å²) >= 11 is 0. The fraction of sp³-hybridized carbons (Fsp3) is 0.929. The first-order chi connectivity index (χ1) is 25.1. The van der Waals surface area contributed by atoms with E-state index in [1.165, 1.54) is 5.57 Å². The first-order valence-corrected chi connectivity index (χ1v) is 20.6. The molecule has 5 aliphatic carbocycles. The Kier molecular flexibility index (Phi) is 10.4. The second-order valence-electron chi connectivity index (χ2n) is 20.7. The van der Waals surface area contributed by atoms with E-state index in [9.17, 15) is 40.5 Å². The standard InChI is InChI=1S/C42H68O12/c1-21-33(54-35-31(47)29(45)28(44)24(20-43)52-35)30(46)32(48)34(51-21)53-27-12-13-39(6)25(38(27,4)5)11-14-41(8)26(39)10-9-22-23-19-37(2,3)15-17-42(23,36(49)50)18-16-40(22,41)7/h9,21,23-35,43-48H,10-20H2,1-8H3,(H,49,50)/t21-,23-,24+,25+,26-,27-,28+,29-,30-,31+,32+,33-,34+,35-,39+,40-,41+,42+/m0/s1. The van der Waals surface area contributed by atoms with E-state index < -0.39 is 79.4 Å². The molecule has 0 amide bonds. The van der Waals surface area contributed by atoms with Crippen LogP contribution in [0.3, 0.4) is 0 Å². The molecule has 0 aromatic rings. The Labute approximate surface area is 320 Å². The lowest BCUT2D eigenvalue weighted by Gasteiger charge is -2.71. The predicted molar refractivity (Wildman–Crippen MR) is 197 cm³/mol. The van der Waals surface area contributed by atoms with Crippen LogP contribution in [0, 0.1) is 50.2 Å². The highest BCUT2D eigenvalue weighted by Gasteiger charge is 2.69. The van der Waals surface area contributed by atoms with Crippen LogP contribution in [0.1, 0.15) is 120 Å². The highest BCUT2D eigenvalue weighted by atomic mass is 16.7. The van der Waals surface area contributed by atoms with E-state index in [2.05, 4.69) is 54.5 Å². The molecule has 7 N–H and O–H groups in total. The van der Waals surface area contributed by atoms with E-state index in [1.807, 2.05) is 0 Å². The Bertz CT molecular complexity index is 1460. The van der Waals surface area contributed by atoms with Gasteiger partial charge in [0.15, 0.2) is 12.6 Å². The van der Waals surface area contributed by atoms with Gasteiger partial charge in [0.2, 0.25) is 0 Å². The topological polar surface area (TPSA) is 196 Å². The molecule has 0 aromatic carbocycles. The molecule has 54 heavy (non-hydrogen) atoms. The number of rotatable bonds is 6. The van der Waals surface area contributed by atoms with Crippen molar-refractivity contribution in [3.05, 3.63) is 11.6 Å². The molecule has 4 saturated carbocycles. The van der Waals surface area contributed by atoms with Crippen LogP contribution >= 0.6 is 0 Å². The van der Waals surface area contributed by atoms with Gasteiger partial charge in [0.05, 0.1) is 24.2 Å². The Hall–Kier alpha value is -1.19. The zero-order chi connectivity index (χ0) is 39.6. The van der Waals surface area contributed by atoms with Gasteiger partial charge in [-0.3, -0.25) is 4.79 Å². The molecule has 7 rings (SSSR count). The summed E-state index contributed by atoms with van der Waals surface area (Å²) in [6, 6.07) is 0. The van der Waals surface area contributed by atoms with Gasteiger partial charge in [0.1, 0.15) is 42.7 Å². The number of allylic oxidation sites excluding steroid dienone is 2. The highest BCUT2D eigenvalue weighted by molar-refractivity contribution is 5.76. The van der Waals surface area contributed by atoms with Crippen molar-refractivity contribution >= 4 is 5.97 Å². The number of aliphatic hydroxyl groups excluding tert-OH is 6. The molecule has 0 spiro atoms. The third-order valence-electron chi connectivity index (χ3n) is 17.2. The van der Waals surface area contributed by atoms with Crippen LogP contribution in [0.2, 0.25) is 0 Å². The van der Waals surface area contributed by atoms with E-state index in [4.69, 9.17) is 18.9 Å². The number of fused-ring (bicyclic) bond motifs is 7. The molecule has 308 valence electrons. The van der Waals surface area contributed by atoms with E-state index in [-0.39, 0.29) is 39.1 Å². The monoisotopic (exact) mass is 764 g/mol. The lowest BCUT2D eigenvalue weighted by molar-refractivity contribution is -0.364. The maximum Gasteiger partial charge on any atom is 0.310 e. The summed E-state index contributed by atoms with van der Waals surface area (Å²) in [5, 5.41) is 73.8. The van der Waals surface area contributed by atoms with Crippen LogP contribution in [0.4, 0.5) is 0 Å². The minimum Gasteiger partial charge on any atom is -0.481 e.